The minimum atomic E-state index is 0.160. The monoisotopic (exact) mass is 734 g/mol. The van der Waals surface area contributed by atoms with Crippen LogP contribution in [0.15, 0.2) is 205 Å². The van der Waals surface area contributed by atoms with Gasteiger partial charge in [0.1, 0.15) is 5.58 Å². The largest absolute Gasteiger partial charge is 0.439 e. The Morgan fingerprint density at radius 2 is 0.947 bits per heavy atom. The molecule has 0 bridgehead atoms. The third-order valence-electron chi connectivity index (χ3n) is 11.7. The van der Waals surface area contributed by atoms with Gasteiger partial charge in [0.25, 0.3) is 0 Å². The summed E-state index contributed by atoms with van der Waals surface area (Å²) in [5, 5.41) is 3.49. The van der Waals surface area contributed by atoms with Crippen molar-refractivity contribution in [2.24, 2.45) is 0 Å². The van der Waals surface area contributed by atoms with E-state index in [4.69, 9.17) is 4.42 Å². The van der Waals surface area contributed by atoms with Crippen molar-refractivity contribution in [3.63, 3.8) is 0 Å². The Labute approximate surface area is 333 Å². The molecule has 0 saturated heterocycles. The Morgan fingerprint density at radius 1 is 0.456 bits per heavy atom. The van der Waals surface area contributed by atoms with Gasteiger partial charge in [0.2, 0.25) is 5.71 Å². The predicted molar refractivity (Wildman–Crippen MR) is 240 cm³/mol. The molecule has 0 radical (unpaired) electrons. The molecule has 1 aliphatic rings. The number of fused-ring (bicyclic) bond motifs is 8. The summed E-state index contributed by atoms with van der Waals surface area (Å²) in [6, 6.07) is 71.0. The van der Waals surface area contributed by atoms with Crippen molar-refractivity contribution >= 4 is 44.3 Å². The van der Waals surface area contributed by atoms with Crippen LogP contribution in [0, 0.1) is 0 Å². The number of para-hydroxylation sites is 2. The van der Waals surface area contributed by atoms with Crippen LogP contribution in [0.3, 0.4) is 0 Å². The fourth-order valence-corrected chi connectivity index (χ4v) is 8.71. The van der Waals surface area contributed by atoms with Gasteiger partial charge in [-0.15, -0.1) is 0 Å². The maximum Gasteiger partial charge on any atom is 0.213 e. The zero-order valence-electron chi connectivity index (χ0n) is 32.4. The van der Waals surface area contributed by atoms with Gasteiger partial charge in [-0.3, -0.25) is 4.57 Å². The number of hydrogen-bond acceptors (Lipinski definition) is 2. The summed E-state index contributed by atoms with van der Waals surface area (Å²) in [7, 11) is 2.12. The molecule has 0 N–H and O–H groups in total. The van der Waals surface area contributed by atoms with Gasteiger partial charge in [-0.25, -0.2) is 0 Å². The molecule has 3 heteroatoms. The fourth-order valence-electron chi connectivity index (χ4n) is 8.71. The van der Waals surface area contributed by atoms with Gasteiger partial charge in [0.15, 0.2) is 0 Å². The molecule has 11 rings (SSSR count). The van der Waals surface area contributed by atoms with Crippen molar-refractivity contribution in [3.05, 3.63) is 211 Å². The Hall–Kier alpha value is -7.10. The number of nitrogens with zero attached hydrogens (tertiary/aromatic N) is 2. The second-order valence-corrected chi connectivity index (χ2v) is 15.4. The van der Waals surface area contributed by atoms with Gasteiger partial charge in [0, 0.05) is 40.3 Å². The SMILES string of the molecule is CC1(C)c2ccccc2-c2ccccc21.CN(c1ccc(-c2ccccc2)cc1)c1ccc(-c2ccc3c4c5ccccc5oc4n(-c4ccccc4)c3c2)cc1. The number of aromatic nitrogens is 1. The molecule has 10 aromatic rings. The van der Waals surface area contributed by atoms with Crippen LogP contribution < -0.4 is 4.90 Å². The molecule has 0 unspecified atom stereocenters. The molecule has 0 aliphatic heterocycles. The molecule has 8 aromatic carbocycles. The first-order valence-corrected chi connectivity index (χ1v) is 19.7. The van der Waals surface area contributed by atoms with Crippen LogP contribution in [0.4, 0.5) is 11.4 Å². The standard InChI is InChI=1S/C39H28N2O.C15H14/c1-40(31-21-16-28(17-22-31)27-10-4-2-5-11-27)32-23-18-29(19-24-32)30-20-25-34-36(26-30)41(33-12-6-3-7-13-33)39-38(34)35-14-8-9-15-37(35)42-39;1-15(2)13-9-5-3-7-11(13)12-8-4-6-10-14(12)15/h2-26H,1H3;3-10H,1-2H3. The molecule has 1 aliphatic carbocycles. The first-order valence-electron chi connectivity index (χ1n) is 19.7. The highest BCUT2D eigenvalue weighted by atomic mass is 16.3. The third kappa shape index (κ3) is 5.91. The van der Waals surface area contributed by atoms with Crippen molar-refractivity contribution in [1.29, 1.82) is 0 Å². The van der Waals surface area contributed by atoms with E-state index in [-0.39, 0.29) is 5.41 Å². The van der Waals surface area contributed by atoms with E-state index in [9.17, 15) is 0 Å². The topological polar surface area (TPSA) is 21.3 Å². The zero-order valence-corrected chi connectivity index (χ0v) is 32.4. The first-order chi connectivity index (χ1) is 28.0. The minimum absolute atomic E-state index is 0.160. The van der Waals surface area contributed by atoms with Crippen LogP contribution in [-0.4, -0.2) is 11.6 Å². The Balaban J connectivity index is 0.000000220. The smallest absolute Gasteiger partial charge is 0.213 e. The molecule has 274 valence electrons. The van der Waals surface area contributed by atoms with E-state index < -0.39 is 0 Å². The van der Waals surface area contributed by atoms with E-state index in [0.29, 0.717) is 0 Å². The number of hydrogen-bond donors (Lipinski definition) is 0. The third-order valence-corrected chi connectivity index (χ3v) is 11.7. The lowest BCUT2D eigenvalue weighted by Gasteiger charge is -2.20. The average Bonchev–Trinajstić information content (AvgIpc) is 3.89. The number of anilines is 2. The molecule has 2 aromatic heterocycles. The normalized spacial score (nSPS) is 12.6. The lowest BCUT2D eigenvalue weighted by molar-refractivity contribution is 0.645. The highest BCUT2D eigenvalue weighted by Gasteiger charge is 2.34. The molecule has 0 saturated carbocycles. The maximum absolute atomic E-state index is 6.44. The lowest BCUT2D eigenvalue weighted by Crippen LogP contribution is -2.14. The highest BCUT2D eigenvalue weighted by Crippen LogP contribution is 2.48. The summed E-state index contributed by atoms with van der Waals surface area (Å²) in [5.74, 6) is 0. The molecule has 2 heterocycles. The lowest BCUT2D eigenvalue weighted by atomic mass is 9.82. The fraction of sp³-hybridized carbons (Fsp3) is 0.0741. The summed E-state index contributed by atoms with van der Waals surface area (Å²) < 4.78 is 8.69. The average molecular weight is 735 g/mol. The van der Waals surface area contributed by atoms with Crippen LogP contribution in [0.1, 0.15) is 25.0 Å². The molecule has 57 heavy (non-hydrogen) atoms. The van der Waals surface area contributed by atoms with Gasteiger partial charge in [0.05, 0.1) is 10.9 Å². The van der Waals surface area contributed by atoms with Gasteiger partial charge in [-0.2, -0.15) is 0 Å². The van der Waals surface area contributed by atoms with Crippen molar-refractivity contribution in [1.82, 2.24) is 4.57 Å². The van der Waals surface area contributed by atoms with Gasteiger partial charge < -0.3 is 9.32 Å². The van der Waals surface area contributed by atoms with Crippen LogP contribution in [0.5, 0.6) is 0 Å². The number of benzene rings is 8. The number of rotatable bonds is 5. The Kier molecular flexibility index (Phi) is 8.38. The second-order valence-electron chi connectivity index (χ2n) is 15.4. The summed E-state index contributed by atoms with van der Waals surface area (Å²) in [4.78, 5) is 2.22. The van der Waals surface area contributed by atoms with E-state index >= 15 is 0 Å². The number of furan rings is 1. The highest BCUT2D eigenvalue weighted by molar-refractivity contribution is 6.20. The quantitative estimate of drug-likeness (QED) is 0.176. The molecule has 0 fully saturated rings. The van der Waals surface area contributed by atoms with Crippen LogP contribution >= 0.6 is 0 Å². The van der Waals surface area contributed by atoms with E-state index in [0.717, 1.165) is 44.6 Å². The molecule has 3 nitrogen and oxygen atoms in total. The molecular weight excluding hydrogens is 693 g/mol. The van der Waals surface area contributed by atoms with E-state index in [1.54, 1.807) is 0 Å². The van der Waals surface area contributed by atoms with Crippen molar-refractivity contribution < 1.29 is 4.42 Å². The summed E-state index contributed by atoms with van der Waals surface area (Å²) in [6.45, 7) is 4.61. The van der Waals surface area contributed by atoms with E-state index in [1.807, 2.05) is 24.3 Å². The van der Waals surface area contributed by atoms with Crippen LogP contribution in [0.2, 0.25) is 0 Å². The van der Waals surface area contributed by atoms with Gasteiger partial charge >= 0.3 is 0 Å². The van der Waals surface area contributed by atoms with Crippen molar-refractivity contribution in [2.45, 2.75) is 19.3 Å². The molecular formula is C54H42N2O. The Bertz CT molecular complexity index is 2980. The summed E-state index contributed by atoms with van der Waals surface area (Å²) in [5.41, 5.74) is 17.0. The predicted octanol–water partition coefficient (Wildman–Crippen LogP) is 14.6. The first kappa shape index (κ1) is 34.4. The van der Waals surface area contributed by atoms with Crippen LogP contribution in [0.25, 0.3) is 72.0 Å². The molecule has 0 amide bonds. The second kappa shape index (κ2) is 13.9. The summed E-state index contributed by atoms with van der Waals surface area (Å²) >= 11 is 0. The van der Waals surface area contributed by atoms with Crippen LogP contribution in [-0.2, 0) is 5.41 Å². The van der Waals surface area contributed by atoms with Crippen molar-refractivity contribution in [3.8, 4) is 39.1 Å². The van der Waals surface area contributed by atoms with Crippen molar-refractivity contribution in [2.75, 3.05) is 11.9 Å². The van der Waals surface area contributed by atoms with E-state index in [1.165, 1.54) is 49.9 Å². The summed E-state index contributed by atoms with van der Waals surface area (Å²) in [6.07, 6.45) is 0. The Morgan fingerprint density at radius 3 is 1.58 bits per heavy atom. The zero-order chi connectivity index (χ0) is 38.5. The maximum atomic E-state index is 6.44. The molecule has 0 spiro atoms. The van der Waals surface area contributed by atoms with Gasteiger partial charge in [-0.1, -0.05) is 166 Å². The van der Waals surface area contributed by atoms with Gasteiger partial charge in [-0.05, 0) is 93.0 Å². The molecule has 0 atom stereocenters. The van der Waals surface area contributed by atoms with E-state index in [2.05, 4.69) is 206 Å². The minimum Gasteiger partial charge on any atom is -0.439 e.